The van der Waals surface area contributed by atoms with Crippen LogP contribution in [0.25, 0.3) is 0 Å². The van der Waals surface area contributed by atoms with Gasteiger partial charge in [-0.1, -0.05) is 6.07 Å². The molecule has 1 N–H and O–H groups in total. The first-order valence-electron chi connectivity index (χ1n) is 6.35. The summed E-state index contributed by atoms with van der Waals surface area (Å²) in [6.07, 6.45) is -12.6. The normalized spacial score (nSPS) is 14.6. The first-order chi connectivity index (χ1) is 10.8. The van der Waals surface area contributed by atoms with E-state index in [1.54, 1.807) is 0 Å². The van der Waals surface area contributed by atoms with E-state index in [2.05, 4.69) is 0 Å². The molecule has 0 unspecified atom stereocenters. The van der Waals surface area contributed by atoms with Gasteiger partial charge in [0.2, 0.25) is 10.0 Å². The Morgan fingerprint density at radius 2 is 1.16 bits per heavy atom. The van der Waals surface area contributed by atoms with E-state index < -0.39 is 49.0 Å². The number of halogens is 6. The molecule has 1 aromatic rings. The third-order valence-corrected chi connectivity index (χ3v) is 7.49. The predicted octanol–water partition coefficient (Wildman–Crippen LogP) is 2.79. The van der Waals surface area contributed by atoms with Crippen LogP contribution >= 0.6 is 0 Å². The lowest BCUT2D eigenvalue weighted by Gasteiger charge is -2.32. The molecule has 0 aliphatic rings. The highest BCUT2D eigenvalue weighted by Crippen LogP contribution is 2.48. The van der Waals surface area contributed by atoms with Crippen molar-refractivity contribution in [2.24, 2.45) is 0 Å². The summed E-state index contributed by atoms with van der Waals surface area (Å²) < 4.78 is 120. The van der Waals surface area contributed by atoms with Crippen LogP contribution in [0.1, 0.15) is 18.1 Å². The smallest absolute Gasteiger partial charge is 0.210 e. The molecule has 0 atom stereocenters. The zero-order valence-corrected chi connectivity index (χ0v) is 14.6. The Morgan fingerprint density at radius 3 is 1.48 bits per heavy atom. The molecule has 1 rings (SSSR count). The number of alkyl halides is 6. The van der Waals surface area contributed by atoms with E-state index in [-0.39, 0.29) is 0 Å². The summed E-state index contributed by atoms with van der Waals surface area (Å²) in [7, 11) is -11.7. The molecular formula is C12H13F6NO4S2. The Hall–Kier alpha value is -1.34. The molecule has 0 saturated carbocycles. The first-order valence-corrected chi connectivity index (χ1v) is 9.32. The fourth-order valence-corrected chi connectivity index (χ4v) is 5.33. The van der Waals surface area contributed by atoms with Gasteiger partial charge in [-0.3, -0.25) is 0 Å². The highest BCUT2D eigenvalue weighted by atomic mass is 32.3. The molecular weight excluding hydrogens is 400 g/mol. The van der Waals surface area contributed by atoms with Crippen LogP contribution in [0.15, 0.2) is 23.1 Å². The summed E-state index contributed by atoms with van der Waals surface area (Å²) in [6, 6.07) is 3.29. The van der Waals surface area contributed by atoms with Gasteiger partial charge in [-0.25, -0.2) is 16.8 Å². The van der Waals surface area contributed by atoms with Crippen LogP contribution in [-0.4, -0.2) is 33.9 Å². The van der Waals surface area contributed by atoms with Gasteiger partial charge in [0, 0.05) is 0 Å². The highest BCUT2D eigenvalue weighted by Gasteiger charge is 2.76. The van der Waals surface area contributed by atoms with E-state index in [9.17, 15) is 43.2 Å². The van der Waals surface area contributed by atoms with Gasteiger partial charge in [0.15, 0.2) is 0 Å². The van der Waals surface area contributed by atoms with Crippen molar-refractivity contribution in [2.45, 2.75) is 42.8 Å². The zero-order chi connectivity index (χ0) is 20.1. The predicted molar refractivity (Wildman–Crippen MR) is 75.7 cm³/mol. The molecule has 0 spiro atoms. The second-order valence-electron chi connectivity index (χ2n) is 5.44. The minimum atomic E-state index is -6.46. The third kappa shape index (κ3) is 3.92. The Bertz CT molecular complexity index is 838. The van der Waals surface area contributed by atoms with Crippen molar-refractivity contribution >= 4 is 20.0 Å². The van der Waals surface area contributed by atoms with Crippen LogP contribution in [0.2, 0.25) is 0 Å². The van der Waals surface area contributed by atoms with Crippen LogP contribution in [-0.2, 0) is 20.0 Å². The van der Waals surface area contributed by atoms with Crippen molar-refractivity contribution in [3.05, 3.63) is 29.3 Å². The van der Waals surface area contributed by atoms with Gasteiger partial charge in [0.25, 0.3) is 14.8 Å². The Balaban J connectivity index is 3.54. The van der Waals surface area contributed by atoms with Crippen molar-refractivity contribution in [3.63, 3.8) is 0 Å². The topological polar surface area (TPSA) is 80.3 Å². The summed E-state index contributed by atoms with van der Waals surface area (Å²) in [5, 5.41) is 0. The molecule has 0 aromatic heterocycles. The van der Waals surface area contributed by atoms with Crippen molar-refractivity contribution in [1.82, 2.24) is 4.13 Å². The quantitative estimate of drug-likeness (QED) is 0.770. The Labute approximate surface area is 140 Å². The standard InChI is InChI=1S/C12H13F6NO4S2/c1-7-4-8(2)6-9(5-7)24(20,21)19-25(22,23)10(3,11(13,14)15)12(16,17)18/h4-6,19H,1-3H3. The summed E-state index contributed by atoms with van der Waals surface area (Å²) in [6.45, 7) is 2.18. The molecule has 144 valence electrons. The summed E-state index contributed by atoms with van der Waals surface area (Å²) in [5.41, 5.74) is 0.624. The minimum Gasteiger partial charge on any atom is -0.210 e. The molecule has 0 aliphatic carbocycles. The van der Waals surface area contributed by atoms with Gasteiger partial charge < -0.3 is 0 Å². The molecule has 13 heteroatoms. The molecule has 0 radical (unpaired) electrons. The highest BCUT2D eigenvalue weighted by molar-refractivity contribution is 8.05. The van der Waals surface area contributed by atoms with Crippen molar-refractivity contribution in [3.8, 4) is 0 Å². The van der Waals surface area contributed by atoms with Gasteiger partial charge in [-0.2, -0.15) is 26.3 Å². The summed E-state index contributed by atoms with van der Waals surface area (Å²) in [5.74, 6) is 0. The van der Waals surface area contributed by atoms with E-state index in [1.807, 2.05) is 0 Å². The van der Waals surface area contributed by atoms with Crippen molar-refractivity contribution in [2.75, 3.05) is 0 Å². The second-order valence-corrected chi connectivity index (χ2v) is 9.41. The summed E-state index contributed by atoms with van der Waals surface area (Å²) >= 11 is 0. The molecule has 0 saturated heterocycles. The van der Waals surface area contributed by atoms with Gasteiger partial charge in [-0.15, -0.1) is 4.13 Å². The number of nitrogens with one attached hydrogen (secondary N) is 1. The monoisotopic (exact) mass is 413 g/mol. The fraction of sp³-hybridized carbons (Fsp3) is 0.500. The maximum Gasteiger partial charge on any atom is 0.418 e. The maximum atomic E-state index is 12.9. The lowest BCUT2D eigenvalue weighted by molar-refractivity contribution is -0.261. The second kappa shape index (κ2) is 6.13. The van der Waals surface area contributed by atoms with Crippen LogP contribution in [0, 0.1) is 13.8 Å². The average Bonchev–Trinajstić information content (AvgIpc) is 2.32. The van der Waals surface area contributed by atoms with E-state index in [0.717, 1.165) is 12.1 Å². The van der Waals surface area contributed by atoms with Gasteiger partial charge in [-0.05, 0) is 44.0 Å². The molecule has 0 heterocycles. The molecule has 0 amide bonds. The lowest BCUT2D eigenvalue weighted by atomic mass is 10.1. The van der Waals surface area contributed by atoms with Crippen LogP contribution in [0.5, 0.6) is 0 Å². The number of rotatable bonds is 4. The van der Waals surface area contributed by atoms with E-state index >= 15 is 0 Å². The van der Waals surface area contributed by atoms with Crippen molar-refractivity contribution in [1.29, 1.82) is 0 Å². The van der Waals surface area contributed by atoms with E-state index in [1.165, 1.54) is 19.9 Å². The molecule has 0 bridgehead atoms. The molecule has 5 nitrogen and oxygen atoms in total. The fourth-order valence-electron chi connectivity index (χ4n) is 1.83. The first kappa shape index (κ1) is 21.7. The number of aryl methyl sites for hydroxylation is 2. The summed E-state index contributed by atoms with van der Waals surface area (Å²) in [4.78, 5) is -0.778. The third-order valence-electron chi connectivity index (χ3n) is 3.34. The van der Waals surface area contributed by atoms with Gasteiger partial charge >= 0.3 is 12.4 Å². The Kier molecular flexibility index (Phi) is 5.32. The molecule has 0 fully saturated rings. The maximum absolute atomic E-state index is 12.9. The van der Waals surface area contributed by atoms with Crippen LogP contribution in [0.3, 0.4) is 0 Å². The van der Waals surface area contributed by atoms with Gasteiger partial charge in [0.1, 0.15) is 0 Å². The number of sulfonamides is 2. The number of hydrogen-bond acceptors (Lipinski definition) is 4. The Morgan fingerprint density at radius 1 is 0.800 bits per heavy atom. The zero-order valence-electron chi connectivity index (χ0n) is 12.9. The van der Waals surface area contributed by atoms with E-state index in [4.69, 9.17) is 0 Å². The molecule has 1 aromatic carbocycles. The SMILES string of the molecule is Cc1cc(C)cc(S(=O)(=O)NS(=O)(=O)C(C)(C(F)(F)F)C(F)(F)F)c1. The molecule has 25 heavy (non-hydrogen) atoms. The minimum absolute atomic E-state index is 0.312. The van der Waals surface area contributed by atoms with E-state index in [0.29, 0.717) is 15.3 Å². The average molecular weight is 413 g/mol. The van der Waals surface area contributed by atoms with Crippen molar-refractivity contribution < 1.29 is 43.2 Å². The van der Waals surface area contributed by atoms with Crippen LogP contribution < -0.4 is 4.13 Å². The van der Waals surface area contributed by atoms with Gasteiger partial charge in [0.05, 0.1) is 4.90 Å². The number of benzene rings is 1. The number of hydrogen-bond donors (Lipinski definition) is 1. The molecule has 0 aliphatic heterocycles. The largest absolute Gasteiger partial charge is 0.418 e. The van der Waals surface area contributed by atoms with Crippen LogP contribution in [0.4, 0.5) is 26.3 Å². The lowest BCUT2D eigenvalue weighted by Crippen LogP contribution is -2.63.